The van der Waals surface area contributed by atoms with E-state index >= 15 is 0 Å². The summed E-state index contributed by atoms with van der Waals surface area (Å²) in [6.45, 7) is 10.5. The van der Waals surface area contributed by atoms with Crippen LogP contribution < -0.4 is 5.32 Å². The van der Waals surface area contributed by atoms with Crippen LogP contribution in [0.1, 0.15) is 53.8 Å². The van der Waals surface area contributed by atoms with Crippen LogP contribution in [-0.4, -0.2) is 49.7 Å². The van der Waals surface area contributed by atoms with Gasteiger partial charge in [-0.2, -0.15) is 0 Å². The monoisotopic (exact) mass is 405 g/mol. The van der Waals surface area contributed by atoms with Gasteiger partial charge in [-0.3, -0.25) is 0 Å². The molecule has 0 bridgehead atoms. The molecule has 0 saturated carbocycles. The van der Waals surface area contributed by atoms with Gasteiger partial charge in [0.1, 0.15) is 23.5 Å². The average molecular weight is 405 g/mol. The lowest BCUT2D eigenvalue weighted by molar-refractivity contribution is -0.157. The van der Waals surface area contributed by atoms with Crippen LogP contribution in [0.2, 0.25) is 0 Å². The molecule has 0 aliphatic carbocycles. The predicted molar refractivity (Wildman–Crippen MR) is 103 cm³/mol. The van der Waals surface area contributed by atoms with Gasteiger partial charge < -0.3 is 19.2 Å². The Kier molecular flexibility index (Phi) is 6.89. The van der Waals surface area contributed by atoms with Gasteiger partial charge in [-0.15, -0.1) is 20.4 Å². The number of aromatic nitrogens is 4. The summed E-state index contributed by atoms with van der Waals surface area (Å²) in [6.07, 6.45) is 2.73. The molecule has 2 aromatic heterocycles. The van der Waals surface area contributed by atoms with Crippen LogP contribution in [0.3, 0.4) is 0 Å². The van der Waals surface area contributed by atoms with E-state index in [0.29, 0.717) is 17.2 Å². The SMILES string of the molecule is CC(C)(C)OC(=O)NC(CCc1nnc(-c2ccoc2)nn1)C(=O)OC(C)(C)C. The molecule has 0 spiro atoms. The molecule has 1 amide bonds. The van der Waals surface area contributed by atoms with Gasteiger partial charge in [0.25, 0.3) is 0 Å². The van der Waals surface area contributed by atoms with Gasteiger partial charge in [0.05, 0.1) is 11.8 Å². The molecule has 0 fully saturated rings. The maximum Gasteiger partial charge on any atom is 0.408 e. The normalized spacial score (nSPS) is 12.9. The zero-order chi connectivity index (χ0) is 21.7. The molecule has 2 aromatic rings. The third-order valence-corrected chi connectivity index (χ3v) is 3.34. The summed E-state index contributed by atoms with van der Waals surface area (Å²) in [5.74, 6) is 0.0918. The number of hydrogen-bond donors (Lipinski definition) is 1. The van der Waals surface area contributed by atoms with E-state index in [-0.39, 0.29) is 12.8 Å². The molecule has 0 saturated heterocycles. The fraction of sp³-hybridized carbons (Fsp3) is 0.579. The van der Waals surface area contributed by atoms with Crippen LogP contribution in [0.15, 0.2) is 23.0 Å². The van der Waals surface area contributed by atoms with E-state index < -0.39 is 29.3 Å². The third-order valence-electron chi connectivity index (χ3n) is 3.34. The number of aryl methyl sites for hydroxylation is 1. The summed E-state index contributed by atoms with van der Waals surface area (Å²) in [5, 5.41) is 18.6. The molecule has 1 unspecified atom stereocenters. The average Bonchev–Trinajstić information content (AvgIpc) is 3.10. The van der Waals surface area contributed by atoms with E-state index in [4.69, 9.17) is 13.9 Å². The number of rotatable bonds is 6. The van der Waals surface area contributed by atoms with Crippen LogP contribution in [0.25, 0.3) is 11.4 Å². The minimum atomic E-state index is -0.929. The first kappa shape index (κ1) is 22.3. The number of nitrogens with one attached hydrogen (secondary N) is 1. The van der Waals surface area contributed by atoms with Gasteiger partial charge >= 0.3 is 12.1 Å². The Balaban J connectivity index is 2.04. The van der Waals surface area contributed by atoms with Gasteiger partial charge in [0.2, 0.25) is 5.82 Å². The Morgan fingerprint density at radius 2 is 1.66 bits per heavy atom. The number of nitrogens with zero attached hydrogens (tertiary/aromatic N) is 4. The lowest BCUT2D eigenvalue weighted by Crippen LogP contribution is -2.46. The van der Waals surface area contributed by atoms with Crippen molar-refractivity contribution in [1.82, 2.24) is 25.7 Å². The van der Waals surface area contributed by atoms with Crippen molar-refractivity contribution < 1.29 is 23.5 Å². The summed E-state index contributed by atoms with van der Waals surface area (Å²) in [5.41, 5.74) is -0.728. The number of carbonyl (C=O) groups excluding carboxylic acids is 2. The second-order valence-corrected chi connectivity index (χ2v) is 8.42. The first-order valence-electron chi connectivity index (χ1n) is 9.24. The summed E-state index contributed by atoms with van der Waals surface area (Å²) in [6, 6.07) is 0.767. The van der Waals surface area contributed by atoms with Crippen molar-refractivity contribution in [3.63, 3.8) is 0 Å². The van der Waals surface area contributed by atoms with E-state index in [1.165, 1.54) is 12.5 Å². The summed E-state index contributed by atoms with van der Waals surface area (Å²) in [7, 11) is 0. The van der Waals surface area contributed by atoms with Crippen molar-refractivity contribution in [1.29, 1.82) is 0 Å². The molecule has 0 aliphatic rings. The van der Waals surface area contributed by atoms with Crippen molar-refractivity contribution >= 4 is 12.1 Å². The number of hydrogen-bond acceptors (Lipinski definition) is 9. The van der Waals surface area contributed by atoms with Gasteiger partial charge in [-0.25, -0.2) is 9.59 Å². The van der Waals surface area contributed by atoms with Crippen molar-refractivity contribution in [2.45, 2.75) is 71.6 Å². The minimum Gasteiger partial charge on any atom is -0.472 e. The summed E-state index contributed by atoms with van der Waals surface area (Å²) in [4.78, 5) is 24.6. The largest absolute Gasteiger partial charge is 0.472 e. The maximum absolute atomic E-state index is 12.5. The van der Waals surface area contributed by atoms with Gasteiger partial charge in [0.15, 0.2) is 5.82 Å². The molecule has 0 aliphatic heterocycles. The zero-order valence-corrected chi connectivity index (χ0v) is 17.6. The highest BCUT2D eigenvalue weighted by molar-refractivity contribution is 5.81. The second kappa shape index (κ2) is 8.97. The van der Waals surface area contributed by atoms with E-state index in [2.05, 4.69) is 25.7 Å². The fourth-order valence-corrected chi connectivity index (χ4v) is 2.20. The first-order chi connectivity index (χ1) is 13.4. The third kappa shape index (κ3) is 7.84. The molecule has 2 rings (SSSR count). The lowest BCUT2D eigenvalue weighted by Gasteiger charge is -2.26. The lowest BCUT2D eigenvalue weighted by atomic mass is 10.1. The second-order valence-electron chi connectivity index (χ2n) is 8.42. The van der Waals surface area contributed by atoms with E-state index in [9.17, 15) is 9.59 Å². The first-order valence-corrected chi connectivity index (χ1v) is 9.24. The number of carbonyl (C=O) groups is 2. The van der Waals surface area contributed by atoms with Gasteiger partial charge in [-0.05, 0) is 54.0 Å². The van der Waals surface area contributed by atoms with E-state index in [1.807, 2.05) is 0 Å². The van der Waals surface area contributed by atoms with Crippen molar-refractivity contribution in [3.05, 3.63) is 24.4 Å². The Labute approximate surface area is 169 Å². The highest BCUT2D eigenvalue weighted by Crippen LogP contribution is 2.14. The molecule has 2 heterocycles. The zero-order valence-electron chi connectivity index (χ0n) is 17.6. The number of amides is 1. The molecule has 0 radical (unpaired) electrons. The van der Waals surface area contributed by atoms with Gasteiger partial charge in [-0.1, -0.05) is 0 Å². The van der Waals surface area contributed by atoms with E-state index in [0.717, 1.165) is 0 Å². The van der Waals surface area contributed by atoms with Crippen LogP contribution in [0, 0.1) is 0 Å². The van der Waals surface area contributed by atoms with Crippen LogP contribution in [0.5, 0.6) is 0 Å². The predicted octanol–water partition coefficient (Wildman–Crippen LogP) is 2.69. The molecule has 29 heavy (non-hydrogen) atoms. The Hall–Kier alpha value is -3.04. The van der Waals surface area contributed by atoms with Crippen molar-refractivity contribution in [2.75, 3.05) is 0 Å². The Bertz CT molecular complexity index is 807. The Morgan fingerprint density at radius 1 is 1.03 bits per heavy atom. The molecular formula is C19H27N5O5. The quantitative estimate of drug-likeness (QED) is 0.721. The molecule has 1 N–H and O–H groups in total. The van der Waals surface area contributed by atoms with Gasteiger partial charge in [0, 0.05) is 6.42 Å². The minimum absolute atomic E-state index is 0.197. The summed E-state index contributed by atoms with van der Waals surface area (Å²) < 4.78 is 15.6. The van der Waals surface area contributed by atoms with Crippen LogP contribution >= 0.6 is 0 Å². The topological polar surface area (TPSA) is 129 Å². The number of ether oxygens (including phenoxy) is 2. The standard InChI is InChI=1S/C19H27N5O5/c1-18(2,3)28-16(25)13(20-17(26)29-19(4,5)6)7-8-14-21-23-15(24-22-14)12-9-10-27-11-12/h9-11,13H,7-8H2,1-6H3,(H,20,26). The number of furan rings is 1. The van der Waals surface area contributed by atoms with Crippen LogP contribution in [-0.2, 0) is 20.7 Å². The highest BCUT2D eigenvalue weighted by atomic mass is 16.6. The molecular weight excluding hydrogens is 378 g/mol. The molecule has 0 aromatic carbocycles. The molecule has 10 nitrogen and oxygen atoms in total. The fourth-order valence-electron chi connectivity index (χ4n) is 2.20. The highest BCUT2D eigenvalue weighted by Gasteiger charge is 2.28. The maximum atomic E-state index is 12.5. The van der Waals surface area contributed by atoms with E-state index in [1.54, 1.807) is 47.6 Å². The molecule has 1 atom stereocenters. The van der Waals surface area contributed by atoms with Crippen molar-refractivity contribution in [2.24, 2.45) is 0 Å². The number of alkyl carbamates (subject to hydrolysis) is 1. The smallest absolute Gasteiger partial charge is 0.408 e. The Morgan fingerprint density at radius 3 is 2.17 bits per heavy atom. The molecule has 10 heteroatoms. The van der Waals surface area contributed by atoms with Crippen molar-refractivity contribution in [3.8, 4) is 11.4 Å². The number of esters is 1. The van der Waals surface area contributed by atoms with Crippen LogP contribution in [0.4, 0.5) is 4.79 Å². The summed E-state index contributed by atoms with van der Waals surface area (Å²) >= 11 is 0. The molecule has 158 valence electrons.